The topological polar surface area (TPSA) is 74.3 Å². The first kappa shape index (κ1) is 21.9. The summed E-state index contributed by atoms with van der Waals surface area (Å²) in [4.78, 5) is 17.3. The van der Waals surface area contributed by atoms with Crippen molar-refractivity contribution in [1.29, 1.82) is 0 Å². The molecule has 0 aliphatic carbocycles. The van der Waals surface area contributed by atoms with Gasteiger partial charge in [0, 0.05) is 29.3 Å². The van der Waals surface area contributed by atoms with Crippen LogP contribution >= 0.6 is 11.8 Å². The van der Waals surface area contributed by atoms with Gasteiger partial charge in [0.1, 0.15) is 11.4 Å². The van der Waals surface area contributed by atoms with Crippen LogP contribution in [0.4, 0.5) is 0 Å². The van der Waals surface area contributed by atoms with Crippen molar-refractivity contribution in [3.63, 3.8) is 0 Å². The minimum Gasteiger partial charge on any atom is -0.497 e. The summed E-state index contributed by atoms with van der Waals surface area (Å²) in [5, 5.41) is 9.71. The average Bonchev–Trinajstić information content (AvgIpc) is 3.28. The van der Waals surface area contributed by atoms with E-state index in [1.807, 2.05) is 47.9 Å². The number of aromatic nitrogens is 5. The second-order valence-corrected chi connectivity index (χ2v) is 8.91. The summed E-state index contributed by atoms with van der Waals surface area (Å²) in [5.74, 6) is 2.01. The van der Waals surface area contributed by atoms with Gasteiger partial charge in [0.25, 0.3) is 5.56 Å². The molecule has 0 aliphatic rings. The van der Waals surface area contributed by atoms with Crippen LogP contribution in [0, 0.1) is 13.8 Å². The molecule has 0 atom stereocenters. The van der Waals surface area contributed by atoms with Crippen LogP contribution in [0.2, 0.25) is 0 Å². The van der Waals surface area contributed by atoms with E-state index in [2.05, 4.69) is 41.4 Å². The van der Waals surface area contributed by atoms with Crippen molar-refractivity contribution in [2.45, 2.75) is 24.8 Å². The van der Waals surface area contributed by atoms with Gasteiger partial charge in [-0.25, -0.2) is 4.98 Å². The van der Waals surface area contributed by atoms with E-state index in [-0.39, 0.29) is 5.56 Å². The number of rotatable bonds is 6. The molecule has 5 aromatic rings. The lowest BCUT2D eigenvalue weighted by atomic mass is 10.2. The number of benzene rings is 2. The first-order valence-corrected chi connectivity index (χ1v) is 11.8. The van der Waals surface area contributed by atoms with Gasteiger partial charge in [-0.3, -0.25) is 13.8 Å². The van der Waals surface area contributed by atoms with Crippen molar-refractivity contribution in [1.82, 2.24) is 24.1 Å². The maximum Gasteiger partial charge on any atom is 0.258 e. The van der Waals surface area contributed by atoms with Crippen molar-refractivity contribution in [3.05, 3.63) is 100 Å². The molecule has 0 spiro atoms. The molecule has 0 unspecified atom stereocenters. The second-order valence-electron chi connectivity index (χ2n) is 7.96. The zero-order chi connectivity index (χ0) is 23.7. The van der Waals surface area contributed by atoms with Gasteiger partial charge in [-0.1, -0.05) is 35.5 Å². The van der Waals surface area contributed by atoms with Gasteiger partial charge in [-0.05, 0) is 61.9 Å². The monoisotopic (exact) mass is 469 g/mol. The molecular formula is C26H23N5O2S. The van der Waals surface area contributed by atoms with Crippen LogP contribution in [-0.2, 0) is 5.75 Å². The zero-order valence-electron chi connectivity index (χ0n) is 19.1. The highest BCUT2D eigenvalue weighted by molar-refractivity contribution is 7.98. The Labute approximate surface area is 201 Å². The Morgan fingerprint density at radius 3 is 2.47 bits per heavy atom. The summed E-state index contributed by atoms with van der Waals surface area (Å²) in [7, 11) is 1.65. The number of hydrogen-bond acceptors (Lipinski definition) is 6. The SMILES string of the molecule is COc1ccc(-c2nnc(SCc3cc(=O)n4cccc(C)c4n3)n2-c2ccc(C)cc2)cc1. The predicted molar refractivity (Wildman–Crippen MR) is 134 cm³/mol. The largest absolute Gasteiger partial charge is 0.497 e. The van der Waals surface area contributed by atoms with Crippen molar-refractivity contribution in [2.24, 2.45) is 0 Å². The maximum atomic E-state index is 12.6. The van der Waals surface area contributed by atoms with Crippen LogP contribution in [0.1, 0.15) is 16.8 Å². The molecular weight excluding hydrogens is 446 g/mol. The van der Waals surface area contributed by atoms with E-state index >= 15 is 0 Å². The molecule has 0 bridgehead atoms. The van der Waals surface area contributed by atoms with Crippen LogP contribution < -0.4 is 10.3 Å². The van der Waals surface area contributed by atoms with Gasteiger partial charge in [0.2, 0.25) is 0 Å². The molecule has 0 saturated carbocycles. The van der Waals surface area contributed by atoms with E-state index in [1.165, 1.54) is 17.3 Å². The molecule has 0 N–H and O–H groups in total. The first-order chi connectivity index (χ1) is 16.5. The summed E-state index contributed by atoms with van der Waals surface area (Å²) < 4.78 is 8.90. The van der Waals surface area contributed by atoms with Crippen LogP contribution in [-0.4, -0.2) is 31.3 Å². The molecule has 0 saturated heterocycles. The van der Waals surface area contributed by atoms with E-state index in [9.17, 15) is 4.79 Å². The molecule has 3 heterocycles. The number of pyridine rings is 1. The number of fused-ring (bicyclic) bond motifs is 1. The Hall–Kier alpha value is -3.91. The van der Waals surface area contributed by atoms with E-state index < -0.39 is 0 Å². The molecule has 7 nitrogen and oxygen atoms in total. The minimum absolute atomic E-state index is 0.0942. The Kier molecular flexibility index (Phi) is 5.90. The summed E-state index contributed by atoms with van der Waals surface area (Å²) in [6.07, 6.45) is 1.74. The van der Waals surface area contributed by atoms with E-state index in [1.54, 1.807) is 23.8 Å². The van der Waals surface area contributed by atoms with E-state index in [0.717, 1.165) is 33.5 Å². The molecule has 170 valence electrons. The number of aryl methyl sites for hydroxylation is 2. The van der Waals surface area contributed by atoms with Crippen molar-refractivity contribution < 1.29 is 4.74 Å². The van der Waals surface area contributed by atoms with Gasteiger partial charge in [0.05, 0.1) is 12.8 Å². The first-order valence-electron chi connectivity index (χ1n) is 10.8. The average molecular weight is 470 g/mol. The summed E-state index contributed by atoms with van der Waals surface area (Å²) in [5.41, 5.74) is 5.30. The normalized spacial score (nSPS) is 11.1. The Bertz CT molecular complexity index is 1520. The standard InChI is InChI=1S/C26H23N5O2S/c1-17-6-10-21(11-7-17)31-25(19-8-12-22(33-3)13-9-19)28-29-26(31)34-16-20-15-23(32)30-14-4-5-18(2)24(30)27-20/h4-15H,16H2,1-3H3. The molecule has 5 rings (SSSR count). The summed E-state index contributed by atoms with van der Waals surface area (Å²) >= 11 is 1.50. The Balaban J connectivity index is 1.53. The fourth-order valence-electron chi connectivity index (χ4n) is 3.74. The number of ether oxygens (including phenoxy) is 1. The van der Waals surface area contributed by atoms with Crippen LogP contribution in [0.5, 0.6) is 5.75 Å². The smallest absolute Gasteiger partial charge is 0.258 e. The van der Waals surface area contributed by atoms with Crippen LogP contribution in [0.3, 0.4) is 0 Å². The highest BCUT2D eigenvalue weighted by Gasteiger charge is 2.17. The molecule has 34 heavy (non-hydrogen) atoms. The van der Waals surface area contributed by atoms with Crippen molar-refractivity contribution in [3.8, 4) is 22.8 Å². The molecule has 2 aromatic carbocycles. The lowest BCUT2D eigenvalue weighted by molar-refractivity contribution is 0.415. The molecule has 0 aliphatic heterocycles. The van der Waals surface area contributed by atoms with Gasteiger partial charge in [-0.15, -0.1) is 10.2 Å². The highest BCUT2D eigenvalue weighted by atomic mass is 32.2. The van der Waals surface area contributed by atoms with Crippen molar-refractivity contribution in [2.75, 3.05) is 7.11 Å². The van der Waals surface area contributed by atoms with Crippen molar-refractivity contribution >= 4 is 17.4 Å². The number of nitrogens with zero attached hydrogens (tertiary/aromatic N) is 5. The van der Waals surface area contributed by atoms with E-state index in [0.29, 0.717) is 17.1 Å². The third-order valence-electron chi connectivity index (χ3n) is 5.56. The molecule has 0 amide bonds. The third-order valence-corrected chi connectivity index (χ3v) is 6.52. The van der Waals surface area contributed by atoms with Crippen LogP contribution in [0.25, 0.3) is 22.7 Å². The predicted octanol–water partition coefficient (Wildman–Crippen LogP) is 4.86. The van der Waals surface area contributed by atoms with Gasteiger partial charge in [0.15, 0.2) is 11.0 Å². The fourth-order valence-corrected chi connectivity index (χ4v) is 4.58. The number of thioether (sulfide) groups is 1. The van der Waals surface area contributed by atoms with Gasteiger partial charge in [-0.2, -0.15) is 0 Å². The quantitative estimate of drug-likeness (QED) is 0.331. The number of methoxy groups -OCH3 is 1. The molecule has 0 fully saturated rings. The summed E-state index contributed by atoms with van der Waals surface area (Å²) in [6, 6.07) is 21.4. The van der Waals surface area contributed by atoms with E-state index in [4.69, 9.17) is 9.72 Å². The maximum absolute atomic E-state index is 12.6. The Morgan fingerprint density at radius 1 is 0.971 bits per heavy atom. The molecule has 3 aromatic heterocycles. The zero-order valence-corrected chi connectivity index (χ0v) is 19.9. The Morgan fingerprint density at radius 2 is 1.74 bits per heavy atom. The fraction of sp³-hybridized carbons (Fsp3) is 0.154. The third kappa shape index (κ3) is 4.20. The minimum atomic E-state index is -0.0942. The molecule has 8 heteroatoms. The lowest BCUT2D eigenvalue weighted by Crippen LogP contribution is -2.15. The summed E-state index contributed by atoms with van der Waals surface area (Å²) in [6.45, 7) is 4.01. The second kappa shape index (κ2) is 9.15. The van der Waals surface area contributed by atoms with Gasteiger partial charge < -0.3 is 4.74 Å². The van der Waals surface area contributed by atoms with Crippen LogP contribution in [0.15, 0.2) is 82.9 Å². The number of hydrogen-bond donors (Lipinski definition) is 0. The van der Waals surface area contributed by atoms with Gasteiger partial charge >= 0.3 is 0 Å². The highest BCUT2D eigenvalue weighted by Crippen LogP contribution is 2.30. The molecule has 0 radical (unpaired) electrons. The lowest BCUT2D eigenvalue weighted by Gasteiger charge is -2.11.